The van der Waals surface area contributed by atoms with Crippen molar-refractivity contribution in [1.29, 1.82) is 0 Å². The molecular weight excluding hydrogens is 298 g/mol. The minimum atomic E-state index is -1.04. The Hall–Kier alpha value is -1.92. The quantitative estimate of drug-likeness (QED) is 0.861. The average molecular weight is 319 g/mol. The summed E-state index contributed by atoms with van der Waals surface area (Å²) in [5, 5.41) is 19.3. The van der Waals surface area contributed by atoms with Crippen molar-refractivity contribution in [2.75, 3.05) is 19.8 Å². The van der Waals surface area contributed by atoms with Crippen LogP contribution in [0.3, 0.4) is 0 Å². The number of benzene rings is 1. The molecule has 6 nitrogen and oxygen atoms in total. The molecule has 0 aliphatic carbocycles. The third kappa shape index (κ3) is 2.72. The van der Waals surface area contributed by atoms with E-state index in [1.54, 1.807) is 24.0 Å². The summed E-state index contributed by atoms with van der Waals surface area (Å²) in [7, 11) is 0. The van der Waals surface area contributed by atoms with Gasteiger partial charge in [-0.05, 0) is 43.9 Å². The van der Waals surface area contributed by atoms with E-state index in [0.717, 1.165) is 0 Å². The van der Waals surface area contributed by atoms with Crippen LogP contribution in [0.4, 0.5) is 0 Å². The first-order valence-electron chi connectivity index (χ1n) is 7.85. The Morgan fingerprint density at radius 2 is 1.91 bits per heavy atom. The molecule has 1 atom stereocenters. The Bertz CT molecular complexity index is 636. The fourth-order valence-electron chi connectivity index (χ4n) is 3.79. The van der Waals surface area contributed by atoms with Gasteiger partial charge in [0.2, 0.25) is 0 Å². The molecule has 1 spiro atoms. The number of carbonyl (C=O) groups excluding carboxylic acids is 1. The van der Waals surface area contributed by atoms with Gasteiger partial charge in [-0.25, -0.2) is 4.79 Å². The second-order valence-corrected chi connectivity index (χ2v) is 6.39. The molecule has 2 heterocycles. The van der Waals surface area contributed by atoms with Crippen LogP contribution in [0.1, 0.15) is 45.5 Å². The Balaban J connectivity index is 1.96. The van der Waals surface area contributed by atoms with Crippen LogP contribution in [0, 0.1) is 6.92 Å². The first-order valence-corrected chi connectivity index (χ1v) is 7.85. The van der Waals surface area contributed by atoms with Gasteiger partial charge in [-0.2, -0.15) is 0 Å². The van der Waals surface area contributed by atoms with Gasteiger partial charge in [0, 0.05) is 25.3 Å². The van der Waals surface area contributed by atoms with Gasteiger partial charge in [0.25, 0.3) is 5.91 Å². The first kappa shape index (κ1) is 16.0. The van der Waals surface area contributed by atoms with Crippen LogP contribution in [0.15, 0.2) is 18.2 Å². The zero-order valence-electron chi connectivity index (χ0n) is 13.1. The molecular formula is C17H21NO5. The Morgan fingerprint density at radius 3 is 2.57 bits per heavy atom. The van der Waals surface area contributed by atoms with E-state index in [1.807, 2.05) is 0 Å². The summed E-state index contributed by atoms with van der Waals surface area (Å²) in [6, 6.07) is 4.74. The summed E-state index contributed by atoms with van der Waals surface area (Å²) in [6.07, 6.45) is 1.42. The zero-order chi connectivity index (χ0) is 16.6. The molecule has 6 heteroatoms. The number of carbonyl (C=O) groups is 2. The van der Waals surface area contributed by atoms with E-state index in [0.29, 0.717) is 43.6 Å². The van der Waals surface area contributed by atoms with Gasteiger partial charge in [-0.15, -0.1) is 0 Å². The largest absolute Gasteiger partial charge is 0.478 e. The summed E-state index contributed by atoms with van der Waals surface area (Å²) in [6.45, 7) is 3.09. The Labute approximate surface area is 134 Å². The molecule has 0 radical (unpaired) electrons. The average Bonchev–Trinajstić information content (AvgIpc) is 2.83. The molecule has 2 aliphatic heterocycles. The predicted molar refractivity (Wildman–Crippen MR) is 82.6 cm³/mol. The summed E-state index contributed by atoms with van der Waals surface area (Å²) >= 11 is 0. The highest BCUT2D eigenvalue weighted by Crippen LogP contribution is 2.39. The second kappa shape index (κ2) is 5.94. The van der Waals surface area contributed by atoms with E-state index in [9.17, 15) is 19.8 Å². The molecule has 0 bridgehead atoms. The number of carboxylic acid groups (broad SMARTS) is 1. The van der Waals surface area contributed by atoms with Gasteiger partial charge < -0.3 is 19.8 Å². The molecule has 0 saturated carbocycles. The smallest absolute Gasteiger partial charge is 0.335 e. The van der Waals surface area contributed by atoms with Crippen LogP contribution in [-0.2, 0) is 4.74 Å². The number of hydrogen-bond donors (Lipinski definition) is 2. The number of hydrogen-bond acceptors (Lipinski definition) is 4. The first-order chi connectivity index (χ1) is 10.9. The molecule has 2 N–H and O–H groups in total. The SMILES string of the molecule is Cc1c(C(=O)O)cccc1C(=O)N1CC(O)CC12CCOCC2. The molecule has 23 heavy (non-hydrogen) atoms. The van der Waals surface area contributed by atoms with E-state index < -0.39 is 12.1 Å². The van der Waals surface area contributed by atoms with E-state index in [2.05, 4.69) is 0 Å². The third-order valence-corrected chi connectivity index (χ3v) is 5.04. The number of aliphatic hydroxyl groups excluding tert-OH is 1. The molecule has 1 unspecified atom stereocenters. The van der Waals surface area contributed by atoms with E-state index >= 15 is 0 Å². The number of nitrogens with zero attached hydrogens (tertiary/aromatic N) is 1. The molecule has 1 aromatic carbocycles. The van der Waals surface area contributed by atoms with Crippen molar-refractivity contribution in [2.24, 2.45) is 0 Å². The second-order valence-electron chi connectivity index (χ2n) is 6.39. The van der Waals surface area contributed by atoms with E-state index in [4.69, 9.17) is 4.74 Å². The van der Waals surface area contributed by atoms with Crippen LogP contribution in [0.25, 0.3) is 0 Å². The summed E-state index contributed by atoms with van der Waals surface area (Å²) in [5.74, 6) is -1.25. The Morgan fingerprint density at radius 1 is 1.26 bits per heavy atom. The number of aliphatic hydroxyl groups is 1. The molecule has 1 amide bonds. The fraction of sp³-hybridized carbons (Fsp3) is 0.529. The molecule has 2 fully saturated rings. The van der Waals surface area contributed by atoms with Gasteiger partial charge in [0.15, 0.2) is 0 Å². The number of likely N-dealkylation sites (tertiary alicyclic amines) is 1. The van der Waals surface area contributed by atoms with Gasteiger partial charge in [0.1, 0.15) is 0 Å². The number of β-amino-alcohol motifs (C(OH)–C–C–N with tert-alkyl or cyclic N) is 1. The van der Waals surface area contributed by atoms with Gasteiger partial charge in [0.05, 0.1) is 17.2 Å². The minimum absolute atomic E-state index is 0.136. The topological polar surface area (TPSA) is 87.1 Å². The summed E-state index contributed by atoms with van der Waals surface area (Å²) in [4.78, 5) is 26.1. The highest BCUT2D eigenvalue weighted by molar-refractivity contribution is 6.00. The molecule has 2 aliphatic rings. The van der Waals surface area contributed by atoms with Crippen molar-refractivity contribution >= 4 is 11.9 Å². The monoisotopic (exact) mass is 319 g/mol. The maximum atomic E-state index is 13.0. The lowest BCUT2D eigenvalue weighted by atomic mass is 9.86. The molecule has 124 valence electrons. The maximum absolute atomic E-state index is 13.0. The van der Waals surface area contributed by atoms with Crippen molar-refractivity contribution in [3.05, 3.63) is 34.9 Å². The van der Waals surface area contributed by atoms with E-state index in [1.165, 1.54) is 6.07 Å². The summed E-state index contributed by atoms with van der Waals surface area (Å²) < 4.78 is 5.40. The standard InChI is InChI=1S/C17H21NO5/c1-11-13(3-2-4-14(11)16(21)22)15(20)18-10-12(19)9-17(18)5-7-23-8-6-17/h2-4,12,19H,5-10H2,1H3,(H,21,22). The lowest BCUT2D eigenvalue weighted by Crippen LogP contribution is -2.50. The van der Waals surface area contributed by atoms with Crippen LogP contribution in [0.5, 0.6) is 0 Å². The van der Waals surface area contributed by atoms with Crippen LogP contribution in [-0.4, -0.2) is 58.4 Å². The molecule has 1 aromatic rings. The summed E-state index contributed by atoms with van der Waals surface area (Å²) in [5.41, 5.74) is 0.621. The zero-order valence-corrected chi connectivity index (χ0v) is 13.1. The van der Waals surface area contributed by atoms with E-state index in [-0.39, 0.29) is 23.6 Å². The number of amides is 1. The molecule has 3 rings (SSSR count). The van der Waals surface area contributed by atoms with Crippen LogP contribution < -0.4 is 0 Å². The molecule has 2 saturated heterocycles. The maximum Gasteiger partial charge on any atom is 0.335 e. The van der Waals surface area contributed by atoms with Crippen LogP contribution in [0.2, 0.25) is 0 Å². The highest BCUT2D eigenvalue weighted by Gasteiger charge is 2.48. The third-order valence-electron chi connectivity index (χ3n) is 5.04. The number of ether oxygens (including phenoxy) is 1. The van der Waals surface area contributed by atoms with Crippen LogP contribution >= 0.6 is 0 Å². The number of rotatable bonds is 2. The highest BCUT2D eigenvalue weighted by atomic mass is 16.5. The number of carboxylic acids is 1. The number of aromatic carboxylic acids is 1. The van der Waals surface area contributed by atoms with Gasteiger partial charge >= 0.3 is 5.97 Å². The van der Waals surface area contributed by atoms with Crippen molar-refractivity contribution in [3.63, 3.8) is 0 Å². The normalized spacial score (nSPS) is 23.2. The minimum Gasteiger partial charge on any atom is -0.478 e. The lowest BCUT2D eigenvalue weighted by Gasteiger charge is -2.41. The molecule has 0 aromatic heterocycles. The lowest BCUT2D eigenvalue weighted by molar-refractivity contribution is -0.00356. The van der Waals surface area contributed by atoms with Crippen molar-refractivity contribution in [2.45, 2.75) is 37.8 Å². The Kier molecular flexibility index (Phi) is 4.12. The van der Waals surface area contributed by atoms with Crippen molar-refractivity contribution in [1.82, 2.24) is 4.90 Å². The predicted octanol–water partition coefficient (Wildman–Crippen LogP) is 1.45. The fourth-order valence-corrected chi connectivity index (χ4v) is 3.79. The van der Waals surface area contributed by atoms with Gasteiger partial charge in [-0.3, -0.25) is 4.79 Å². The van der Waals surface area contributed by atoms with Crippen molar-refractivity contribution < 1.29 is 24.5 Å². The van der Waals surface area contributed by atoms with Crippen molar-refractivity contribution in [3.8, 4) is 0 Å². The van der Waals surface area contributed by atoms with Gasteiger partial charge in [-0.1, -0.05) is 6.07 Å².